The predicted octanol–water partition coefficient (Wildman–Crippen LogP) is 9.99. The second-order valence-corrected chi connectivity index (χ2v) is 11.7. The highest BCUT2D eigenvalue weighted by Crippen LogP contribution is 2.14. The van der Waals surface area contributed by atoms with Crippen LogP contribution in [0, 0.1) is 0 Å². The minimum atomic E-state index is -1.10. The van der Waals surface area contributed by atoms with Gasteiger partial charge in [-0.05, 0) is 19.3 Å². The molecule has 1 atom stereocenters. The predicted molar refractivity (Wildman–Crippen MR) is 167 cm³/mol. The van der Waals surface area contributed by atoms with Gasteiger partial charge in [-0.15, -0.1) is 0 Å². The summed E-state index contributed by atoms with van der Waals surface area (Å²) in [5, 5.41) is 35.3. The molecule has 0 heterocycles. The van der Waals surface area contributed by atoms with Crippen LogP contribution in [0.2, 0.25) is 0 Å². The van der Waals surface area contributed by atoms with Crippen LogP contribution >= 0.6 is 0 Å². The molecule has 0 amide bonds. The van der Waals surface area contributed by atoms with Gasteiger partial charge in [-0.1, -0.05) is 181 Å². The number of hydrogen-bond acceptors (Lipinski definition) is 4. The molecule has 0 rings (SSSR count). The van der Waals surface area contributed by atoms with E-state index in [9.17, 15) is 0 Å². The summed E-state index contributed by atoms with van der Waals surface area (Å²) in [6, 6.07) is 0. The number of aliphatic hydroxyl groups is 4. The first kappa shape index (κ1) is 40.0. The van der Waals surface area contributed by atoms with Crippen LogP contribution < -0.4 is 0 Å². The quantitative estimate of drug-likeness (QED) is 0.0535. The number of aliphatic hydroxyl groups excluding tert-OH is 3. The Morgan fingerprint density at radius 2 is 0.579 bits per heavy atom. The van der Waals surface area contributed by atoms with E-state index in [2.05, 4.69) is 13.8 Å². The summed E-state index contributed by atoms with van der Waals surface area (Å²) in [7, 11) is 0. The van der Waals surface area contributed by atoms with Crippen molar-refractivity contribution in [3.8, 4) is 0 Å². The first-order valence-corrected chi connectivity index (χ1v) is 17.2. The summed E-state index contributed by atoms with van der Waals surface area (Å²) in [5.41, 5.74) is 0. The minimum absolute atomic E-state index is 0.0853. The maximum absolute atomic E-state index is 9.17. The first-order valence-electron chi connectivity index (χ1n) is 17.2. The van der Waals surface area contributed by atoms with Crippen molar-refractivity contribution >= 4 is 0 Å². The fourth-order valence-electron chi connectivity index (χ4n) is 5.01. The van der Waals surface area contributed by atoms with Gasteiger partial charge < -0.3 is 20.4 Å². The largest absolute Gasteiger partial charge is 0.394 e. The lowest BCUT2D eigenvalue weighted by Crippen LogP contribution is -2.10. The summed E-state index contributed by atoms with van der Waals surface area (Å²) in [6.07, 6.45) is 36.0. The molecular formula is C34H72O4. The SMILES string of the molecule is CCCCCCCCCCCCCCC(O)CO.CCCCCCCCCCCCCCCCCC(O)O. The van der Waals surface area contributed by atoms with Crippen molar-refractivity contribution in [2.75, 3.05) is 6.61 Å². The van der Waals surface area contributed by atoms with Gasteiger partial charge in [0.25, 0.3) is 0 Å². The van der Waals surface area contributed by atoms with Gasteiger partial charge in [0, 0.05) is 0 Å². The van der Waals surface area contributed by atoms with Gasteiger partial charge in [0.2, 0.25) is 0 Å². The molecule has 0 aliphatic heterocycles. The summed E-state index contributed by atoms with van der Waals surface area (Å²) in [6.45, 7) is 4.45. The average molecular weight is 545 g/mol. The lowest BCUT2D eigenvalue weighted by molar-refractivity contribution is -0.0466. The molecule has 0 spiro atoms. The van der Waals surface area contributed by atoms with Crippen LogP contribution in [-0.4, -0.2) is 39.4 Å². The van der Waals surface area contributed by atoms with Crippen molar-refractivity contribution in [1.29, 1.82) is 0 Å². The molecule has 38 heavy (non-hydrogen) atoms. The van der Waals surface area contributed by atoms with Crippen LogP contribution in [-0.2, 0) is 0 Å². The van der Waals surface area contributed by atoms with Crippen molar-refractivity contribution in [1.82, 2.24) is 0 Å². The molecule has 0 fully saturated rings. The van der Waals surface area contributed by atoms with Crippen molar-refractivity contribution in [2.24, 2.45) is 0 Å². The van der Waals surface area contributed by atoms with Crippen molar-refractivity contribution in [3.63, 3.8) is 0 Å². The van der Waals surface area contributed by atoms with Gasteiger partial charge in [0.05, 0.1) is 12.7 Å². The fraction of sp³-hybridized carbons (Fsp3) is 1.00. The van der Waals surface area contributed by atoms with Crippen LogP contribution in [0.4, 0.5) is 0 Å². The van der Waals surface area contributed by atoms with Crippen LogP contribution in [0.5, 0.6) is 0 Å². The normalized spacial score (nSPS) is 12.1. The summed E-state index contributed by atoms with van der Waals surface area (Å²) >= 11 is 0. The van der Waals surface area contributed by atoms with Crippen molar-refractivity contribution in [3.05, 3.63) is 0 Å². The molecule has 1 unspecified atom stereocenters. The lowest BCUT2D eigenvalue weighted by atomic mass is 10.0. The third kappa shape index (κ3) is 40.3. The van der Waals surface area contributed by atoms with Crippen LogP contribution in [0.25, 0.3) is 0 Å². The van der Waals surface area contributed by atoms with E-state index >= 15 is 0 Å². The molecule has 0 radical (unpaired) electrons. The standard InChI is InChI=1S/C18H38O2.C16H34O2/c1-2-3-4-5-6-7-8-9-10-11-12-13-14-15-16-17-18(19)20;1-2-3-4-5-6-7-8-9-10-11-12-13-14-16(18)15-17/h18-20H,2-17H2,1H3;16-18H,2-15H2,1H3. The third-order valence-corrected chi connectivity index (χ3v) is 7.67. The van der Waals surface area contributed by atoms with Gasteiger partial charge in [-0.2, -0.15) is 0 Å². The van der Waals surface area contributed by atoms with E-state index in [0.717, 1.165) is 25.7 Å². The van der Waals surface area contributed by atoms with Crippen LogP contribution in [0.1, 0.15) is 200 Å². The van der Waals surface area contributed by atoms with E-state index in [-0.39, 0.29) is 6.61 Å². The van der Waals surface area contributed by atoms with Crippen molar-refractivity contribution < 1.29 is 20.4 Å². The highest BCUT2D eigenvalue weighted by atomic mass is 16.5. The molecule has 4 heteroatoms. The summed E-state index contributed by atoms with van der Waals surface area (Å²) in [5.74, 6) is 0. The van der Waals surface area contributed by atoms with E-state index in [0.29, 0.717) is 6.42 Å². The molecule has 0 aliphatic carbocycles. The maximum atomic E-state index is 9.17. The molecule has 0 saturated heterocycles. The van der Waals surface area contributed by atoms with Gasteiger partial charge in [-0.3, -0.25) is 0 Å². The van der Waals surface area contributed by atoms with Crippen LogP contribution in [0.3, 0.4) is 0 Å². The van der Waals surface area contributed by atoms with E-state index in [1.54, 1.807) is 0 Å². The van der Waals surface area contributed by atoms with Gasteiger partial charge in [-0.25, -0.2) is 0 Å². The molecule has 0 aromatic rings. The van der Waals surface area contributed by atoms with Gasteiger partial charge in [0.15, 0.2) is 6.29 Å². The van der Waals surface area contributed by atoms with Gasteiger partial charge >= 0.3 is 0 Å². The monoisotopic (exact) mass is 545 g/mol. The highest BCUT2D eigenvalue weighted by Gasteiger charge is 2.01. The Kier molecular flexibility index (Phi) is 38.8. The molecule has 4 N–H and O–H groups in total. The number of hydrogen-bond donors (Lipinski definition) is 4. The zero-order valence-corrected chi connectivity index (χ0v) is 26.2. The van der Waals surface area contributed by atoms with E-state index in [4.69, 9.17) is 20.4 Å². The number of unbranched alkanes of at least 4 members (excludes halogenated alkanes) is 25. The summed E-state index contributed by atoms with van der Waals surface area (Å²) in [4.78, 5) is 0. The van der Waals surface area contributed by atoms with E-state index in [1.807, 2.05) is 0 Å². The molecule has 0 saturated carbocycles. The fourth-order valence-corrected chi connectivity index (χ4v) is 5.01. The molecule has 0 bridgehead atoms. The van der Waals surface area contributed by atoms with E-state index < -0.39 is 12.4 Å². The number of rotatable bonds is 30. The van der Waals surface area contributed by atoms with E-state index in [1.165, 1.54) is 154 Å². The second-order valence-electron chi connectivity index (χ2n) is 11.7. The second kappa shape index (κ2) is 36.8. The Balaban J connectivity index is 0. The zero-order chi connectivity index (χ0) is 28.4. The Bertz CT molecular complexity index is 389. The highest BCUT2D eigenvalue weighted by molar-refractivity contribution is 4.54. The summed E-state index contributed by atoms with van der Waals surface area (Å²) < 4.78 is 0. The topological polar surface area (TPSA) is 80.9 Å². The van der Waals surface area contributed by atoms with Crippen LogP contribution in [0.15, 0.2) is 0 Å². The lowest BCUT2D eigenvalue weighted by Gasteiger charge is -2.06. The Morgan fingerprint density at radius 1 is 0.342 bits per heavy atom. The molecule has 232 valence electrons. The maximum Gasteiger partial charge on any atom is 0.151 e. The Labute approximate surface area is 239 Å². The molecule has 0 aromatic carbocycles. The molecule has 0 aliphatic rings. The van der Waals surface area contributed by atoms with Gasteiger partial charge in [0.1, 0.15) is 0 Å². The third-order valence-electron chi connectivity index (χ3n) is 7.67. The molecule has 0 aromatic heterocycles. The molecular weight excluding hydrogens is 472 g/mol. The minimum Gasteiger partial charge on any atom is -0.394 e. The molecule has 4 nitrogen and oxygen atoms in total. The zero-order valence-electron chi connectivity index (χ0n) is 26.2. The smallest absolute Gasteiger partial charge is 0.151 e. The Morgan fingerprint density at radius 3 is 0.816 bits per heavy atom. The Hall–Kier alpha value is -0.160. The van der Waals surface area contributed by atoms with Crippen molar-refractivity contribution in [2.45, 2.75) is 212 Å². The average Bonchev–Trinajstić information content (AvgIpc) is 2.91. The first-order chi connectivity index (χ1) is 18.6.